The quantitative estimate of drug-likeness (QED) is 0.301. The highest BCUT2D eigenvalue weighted by Gasteiger charge is 2.65. The summed E-state index contributed by atoms with van der Waals surface area (Å²) in [6, 6.07) is 2.76. The maximum Gasteiger partial charge on any atom is 0.408 e. The van der Waals surface area contributed by atoms with Crippen LogP contribution in [0, 0.1) is 17.3 Å². The van der Waals surface area contributed by atoms with Crippen LogP contribution in [0.2, 0.25) is 0 Å². The largest absolute Gasteiger partial charge is 0.497 e. The number of ether oxygens (including phenoxy) is 3. The van der Waals surface area contributed by atoms with E-state index < -0.39 is 98.5 Å². The zero-order valence-electron chi connectivity index (χ0n) is 34.9. The fraction of sp³-hybridized carbons (Fsp3) is 0.707. The van der Waals surface area contributed by atoms with Crippen LogP contribution in [0.4, 0.5) is 13.6 Å². The molecule has 0 unspecified atom stereocenters. The van der Waals surface area contributed by atoms with Crippen molar-refractivity contribution in [2.24, 2.45) is 17.3 Å². The normalized spacial score (nSPS) is 28.9. The number of hydrogen-bond donors (Lipinski definition) is 3. The van der Waals surface area contributed by atoms with Crippen molar-refractivity contribution >= 4 is 44.9 Å². The maximum atomic E-state index is 14.8. The van der Waals surface area contributed by atoms with Crippen LogP contribution in [-0.2, 0) is 35.6 Å². The Balaban J connectivity index is 1.39. The molecule has 2 aromatic rings. The molecule has 2 saturated carbocycles. The molecule has 3 fully saturated rings. The van der Waals surface area contributed by atoms with E-state index in [9.17, 15) is 36.4 Å². The predicted octanol–water partition coefficient (Wildman–Crippen LogP) is 5.19. The molecule has 59 heavy (non-hydrogen) atoms. The lowest BCUT2D eigenvalue weighted by molar-refractivity contribution is -0.143. The van der Waals surface area contributed by atoms with Crippen molar-refractivity contribution in [2.45, 2.75) is 153 Å². The minimum Gasteiger partial charge on any atom is -0.497 e. The summed E-state index contributed by atoms with van der Waals surface area (Å²) in [7, 11) is -2.65. The van der Waals surface area contributed by atoms with Crippen molar-refractivity contribution in [3.05, 3.63) is 23.9 Å². The topological polar surface area (TPSA) is 195 Å². The number of nitrogens with zero attached hydrogens (tertiary/aromatic N) is 3. The van der Waals surface area contributed by atoms with Crippen LogP contribution >= 0.6 is 0 Å². The molecule has 326 valence electrons. The van der Waals surface area contributed by atoms with E-state index >= 15 is 0 Å². The molecule has 1 aromatic heterocycles. The number of sulfonamides is 1. The highest BCUT2D eigenvalue weighted by Crippen LogP contribution is 2.49. The second kappa shape index (κ2) is 17.0. The molecule has 2 aliphatic heterocycles. The number of amides is 4. The molecular formula is C41H58F2N6O9S. The molecule has 15 nitrogen and oxygen atoms in total. The molecule has 2 bridgehead atoms. The van der Waals surface area contributed by atoms with Gasteiger partial charge in [0.2, 0.25) is 34.1 Å². The Morgan fingerprint density at radius 2 is 1.80 bits per heavy atom. The van der Waals surface area contributed by atoms with E-state index in [-0.39, 0.29) is 18.8 Å². The first-order valence-corrected chi connectivity index (χ1v) is 22.2. The van der Waals surface area contributed by atoms with Crippen LogP contribution < -0.4 is 24.8 Å². The molecule has 3 heterocycles. The number of halogens is 2. The first kappa shape index (κ1) is 44.2. The third-order valence-electron chi connectivity index (χ3n) is 12.5. The number of carbonyl (C=O) groups excluding carboxylic acids is 4. The minimum absolute atomic E-state index is 0.164. The standard InChI is InChI=1S/C41H58F2N6O9S/c1-8-25-13-11-9-10-12-14-28-35(45-29-20-26(56-7)15-16-27(29)44-28)58-30-22-49(36(51)33(39(3,4)5)46-38(53)57-25)32(23(30)2)34(50)47-41(21-24(41)19-31(42)43)37(52)48-59(54,55)40(6)17-18-40/h15-16,20,23-25,30-33H,8-14,17-19,21-22H2,1-7H3,(H,46,53)(H,47,50)(H,48,52)/t23-,24-,25-,30+,32+,33-,41-/m1/s1. The summed E-state index contributed by atoms with van der Waals surface area (Å²) < 4.78 is 72.6. The molecule has 0 spiro atoms. The molecule has 2 aliphatic carbocycles. The van der Waals surface area contributed by atoms with E-state index in [0.717, 1.165) is 25.7 Å². The average molecular weight is 849 g/mol. The molecule has 6 rings (SSSR count). The Morgan fingerprint density at radius 1 is 1.08 bits per heavy atom. The fourth-order valence-corrected chi connectivity index (χ4v) is 9.48. The number of rotatable bonds is 9. The number of methoxy groups -OCH3 is 1. The minimum atomic E-state index is -4.19. The monoisotopic (exact) mass is 848 g/mol. The number of fused-ring (bicyclic) bond motifs is 4. The van der Waals surface area contributed by atoms with Crippen LogP contribution in [-0.4, -0.2) is 102 Å². The number of alkyl carbamates (subject to hydrolysis) is 1. The second-order valence-electron chi connectivity index (χ2n) is 18.0. The summed E-state index contributed by atoms with van der Waals surface area (Å²) in [5.74, 6) is -3.70. The van der Waals surface area contributed by atoms with Crippen LogP contribution in [0.25, 0.3) is 11.0 Å². The fourth-order valence-electron chi connectivity index (χ4n) is 8.17. The number of carbonyl (C=O) groups is 4. The van der Waals surface area contributed by atoms with Gasteiger partial charge in [-0.3, -0.25) is 19.1 Å². The van der Waals surface area contributed by atoms with Crippen LogP contribution in [0.3, 0.4) is 0 Å². The van der Waals surface area contributed by atoms with Gasteiger partial charge in [-0.1, -0.05) is 47.5 Å². The van der Waals surface area contributed by atoms with Gasteiger partial charge in [0.25, 0.3) is 5.91 Å². The van der Waals surface area contributed by atoms with Gasteiger partial charge in [0.15, 0.2) is 0 Å². The number of alkyl halides is 2. The second-order valence-corrected chi connectivity index (χ2v) is 20.2. The summed E-state index contributed by atoms with van der Waals surface area (Å²) in [4.78, 5) is 67.8. The van der Waals surface area contributed by atoms with Crippen molar-refractivity contribution in [1.82, 2.24) is 30.2 Å². The molecule has 1 aromatic carbocycles. The average Bonchev–Trinajstić information content (AvgIpc) is 4.06. The summed E-state index contributed by atoms with van der Waals surface area (Å²) in [6.07, 6.45) is -0.214. The van der Waals surface area contributed by atoms with E-state index in [1.54, 1.807) is 45.9 Å². The van der Waals surface area contributed by atoms with Crippen LogP contribution in [0.15, 0.2) is 18.2 Å². The Kier molecular flexibility index (Phi) is 12.7. The summed E-state index contributed by atoms with van der Waals surface area (Å²) in [6.45, 7) is 10.2. The van der Waals surface area contributed by atoms with E-state index in [1.165, 1.54) is 18.9 Å². The van der Waals surface area contributed by atoms with Crippen LogP contribution in [0.1, 0.15) is 111 Å². The molecule has 18 heteroatoms. The SMILES string of the molecule is CC[C@@H]1CCCCCCc2nc3ccc(OC)cc3nc2O[C@H]2CN(C(=O)[C@H](C(C)(C)C)NC(=O)O1)[C@H](C(=O)N[C@]1(C(=O)NS(=O)(=O)C3(C)CC3)C[C@H]1CC(F)F)[C@@H]2C. The van der Waals surface area contributed by atoms with Crippen molar-refractivity contribution < 1.29 is 50.6 Å². The Hall–Kier alpha value is -4.35. The number of cyclic esters (lactones) is 1. The number of hydrogen-bond acceptors (Lipinski definition) is 11. The molecule has 0 radical (unpaired) electrons. The molecule has 7 atom stereocenters. The molecular weight excluding hydrogens is 791 g/mol. The van der Waals surface area contributed by atoms with Gasteiger partial charge < -0.3 is 29.7 Å². The van der Waals surface area contributed by atoms with E-state index in [4.69, 9.17) is 24.2 Å². The van der Waals surface area contributed by atoms with Crippen molar-refractivity contribution in [1.29, 1.82) is 0 Å². The van der Waals surface area contributed by atoms with Gasteiger partial charge in [0.05, 0.1) is 29.4 Å². The number of nitrogens with one attached hydrogen (secondary N) is 3. The number of aromatic nitrogens is 2. The van der Waals surface area contributed by atoms with Gasteiger partial charge in [0, 0.05) is 18.4 Å². The highest BCUT2D eigenvalue weighted by molar-refractivity contribution is 7.91. The zero-order valence-corrected chi connectivity index (χ0v) is 35.8. The van der Waals surface area contributed by atoms with E-state index in [1.807, 2.05) is 6.92 Å². The highest BCUT2D eigenvalue weighted by atomic mass is 32.2. The molecule has 4 aliphatic rings. The third-order valence-corrected chi connectivity index (χ3v) is 14.6. The molecule has 1 saturated heterocycles. The lowest BCUT2D eigenvalue weighted by Crippen LogP contribution is -2.61. The number of aryl methyl sites for hydroxylation is 1. The lowest BCUT2D eigenvalue weighted by atomic mass is 9.85. The van der Waals surface area contributed by atoms with Crippen molar-refractivity contribution in [3.8, 4) is 11.6 Å². The number of benzene rings is 1. The van der Waals surface area contributed by atoms with Gasteiger partial charge in [-0.2, -0.15) is 0 Å². The molecule has 3 N–H and O–H groups in total. The molecule has 4 amide bonds. The van der Waals surface area contributed by atoms with Gasteiger partial charge in [-0.05, 0) is 81.8 Å². The lowest BCUT2D eigenvalue weighted by Gasteiger charge is -2.36. The third kappa shape index (κ3) is 9.51. The van der Waals surface area contributed by atoms with Gasteiger partial charge in [-0.15, -0.1) is 0 Å². The smallest absolute Gasteiger partial charge is 0.408 e. The van der Waals surface area contributed by atoms with E-state index in [0.29, 0.717) is 54.6 Å². The zero-order chi connectivity index (χ0) is 43.1. The van der Waals surface area contributed by atoms with Gasteiger partial charge in [0.1, 0.15) is 41.3 Å². The Morgan fingerprint density at radius 3 is 2.44 bits per heavy atom. The van der Waals surface area contributed by atoms with Crippen molar-refractivity contribution in [2.75, 3.05) is 13.7 Å². The first-order valence-electron chi connectivity index (χ1n) is 20.7. The van der Waals surface area contributed by atoms with Gasteiger partial charge in [-0.25, -0.2) is 32.0 Å². The summed E-state index contributed by atoms with van der Waals surface area (Å²) in [5, 5.41) is 5.41. The van der Waals surface area contributed by atoms with Crippen LogP contribution in [0.5, 0.6) is 11.6 Å². The van der Waals surface area contributed by atoms with E-state index in [2.05, 4.69) is 15.4 Å². The Labute approximate surface area is 344 Å². The van der Waals surface area contributed by atoms with Crippen molar-refractivity contribution in [3.63, 3.8) is 0 Å². The summed E-state index contributed by atoms with van der Waals surface area (Å²) in [5.41, 5.74) is -1.15. The van der Waals surface area contributed by atoms with Gasteiger partial charge >= 0.3 is 6.09 Å². The summed E-state index contributed by atoms with van der Waals surface area (Å²) >= 11 is 0. The predicted molar refractivity (Wildman–Crippen MR) is 213 cm³/mol. The first-order chi connectivity index (χ1) is 27.7. The Bertz CT molecular complexity index is 2040. The maximum absolute atomic E-state index is 14.8.